The van der Waals surface area contributed by atoms with Crippen LogP contribution in [0.3, 0.4) is 0 Å². The smallest absolute Gasteiger partial charge is 0.350 e. The molecule has 0 spiro atoms. The summed E-state index contributed by atoms with van der Waals surface area (Å²) in [5.41, 5.74) is 1.08. The van der Waals surface area contributed by atoms with Gasteiger partial charge in [0.25, 0.3) is 0 Å². The molecule has 0 bridgehead atoms. The zero-order chi connectivity index (χ0) is 24.1. The topological polar surface area (TPSA) is 58.4 Å². The summed E-state index contributed by atoms with van der Waals surface area (Å²) in [4.78, 5) is 34.0. The van der Waals surface area contributed by atoms with Gasteiger partial charge in [0, 0.05) is 59.9 Å². The van der Waals surface area contributed by atoms with E-state index in [1.807, 2.05) is 11.8 Å². The molecule has 0 N–H and O–H groups in total. The van der Waals surface area contributed by atoms with Gasteiger partial charge in [-0.1, -0.05) is 18.2 Å². The minimum absolute atomic E-state index is 0.0987. The van der Waals surface area contributed by atoms with Crippen LogP contribution in [0.1, 0.15) is 6.92 Å². The zero-order valence-corrected chi connectivity index (χ0v) is 19.9. The number of hydrogen-bond donors (Lipinski definition) is 0. The monoisotopic (exact) mass is 502 g/mol. The van der Waals surface area contributed by atoms with Crippen molar-refractivity contribution in [2.75, 3.05) is 30.3 Å². The van der Waals surface area contributed by atoms with Crippen LogP contribution >= 0.6 is 23.4 Å². The molecule has 10 heteroatoms. The number of nitrogens with zero attached hydrogens (tertiary/aromatic N) is 4. The minimum Gasteiger partial charge on any atom is -0.350 e. The third-order valence-electron chi connectivity index (χ3n) is 6.25. The summed E-state index contributed by atoms with van der Waals surface area (Å²) in [5.74, 6) is -0.437. The average Bonchev–Trinajstić information content (AvgIpc) is 2.80. The largest absolute Gasteiger partial charge is 0.350 e. The summed E-state index contributed by atoms with van der Waals surface area (Å²) >= 11 is 8.22. The van der Waals surface area contributed by atoms with E-state index in [1.165, 1.54) is 30.0 Å². The van der Waals surface area contributed by atoms with Crippen molar-refractivity contribution in [2.24, 2.45) is 0 Å². The molecule has 2 aliphatic heterocycles. The van der Waals surface area contributed by atoms with E-state index in [0.717, 1.165) is 6.07 Å². The van der Waals surface area contributed by atoms with Crippen LogP contribution in [0, 0.1) is 11.6 Å². The van der Waals surface area contributed by atoms with Crippen LogP contribution in [-0.4, -0.2) is 51.8 Å². The second kappa shape index (κ2) is 8.70. The second-order valence-electron chi connectivity index (χ2n) is 8.37. The molecular formula is C24H21ClF2N4O2S. The van der Waals surface area contributed by atoms with E-state index in [9.17, 15) is 18.4 Å². The average molecular weight is 503 g/mol. The molecule has 1 saturated heterocycles. The van der Waals surface area contributed by atoms with Gasteiger partial charge in [0.15, 0.2) is 0 Å². The van der Waals surface area contributed by atoms with E-state index in [1.54, 1.807) is 15.5 Å². The first-order chi connectivity index (χ1) is 16.3. The summed E-state index contributed by atoms with van der Waals surface area (Å²) in [7, 11) is 0. The van der Waals surface area contributed by atoms with Crippen LogP contribution in [0.4, 0.5) is 14.6 Å². The SMILES string of the molecule is C=CC(=O)N1CCN(c2nc(=O)n3c4c(c(-c5cc(F)cc(F)c5)c(Cl)cc24)SCC3)[C@@H](C)C1. The lowest BCUT2D eigenvalue weighted by atomic mass is 10.0. The molecule has 3 aromatic rings. The maximum atomic E-state index is 14.0. The van der Waals surface area contributed by atoms with E-state index in [-0.39, 0.29) is 17.6 Å². The van der Waals surface area contributed by atoms with Crippen LogP contribution in [0.15, 0.2) is 46.6 Å². The van der Waals surface area contributed by atoms with Crippen molar-refractivity contribution in [3.05, 3.63) is 64.1 Å². The molecule has 0 radical (unpaired) electrons. The van der Waals surface area contributed by atoms with E-state index in [0.29, 0.717) is 69.7 Å². The summed E-state index contributed by atoms with van der Waals surface area (Å²) in [6.07, 6.45) is 1.29. The molecule has 1 aromatic heterocycles. The quantitative estimate of drug-likeness (QED) is 0.499. The lowest BCUT2D eigenvalue weighted by Crippen LogP contribution is -2.54. The van der Waals surface area contributed by atoms with Crippen LogP contribution < -0.4 is 10.6 Å². The molecule has 2 aliphatic rings. The Labute approximate surface area is 203 Å². The van der Waals surface area contributed by atoms with Crippen LogP contribution in [-0.2, 0) is 11.3 Å². The number of benzene rings is 2. The summed E-state index contributed by atoms with van der Waals surface area (Å²) in [5, 5.41) is 1.02. The number of aromatic nitrogens is 2. The van der Waals surface area contributed by atoms with Gasteiger partial charge in [-0.15, -0.1) is 11.8 Å². The Morgan fingerprint density at radius 1 is 1.21 bits per heavy atom. The molecule has 3 heterocycles. The zero-order valence-electron chi connectivity index (χ0n) is 18.4. The summed E-state index contributed by atoms with van der Waals surface area (Å²) in [6, 6.07) is 4.91. The highest BCUT2D eigenvalue weighted by Crippen LogP contribution is 2.46. The van der Waals surface area contributed by atoms with Gasteiger partial charge in [-0.25, -0.2) is 13.6 Å². The minimum atomic E-state index is -0.701. The van der Waals surface area contributed by atoms with Gasteiger partial charge in [-0.3, -0.25) is 9.36 Å². The lowest BCUT2D eigenvalue weighted by Gasteiger charge is -2.40. The van der Waals surface area contributed by atoms with Crippen molar-refractivity contribution in [1.82, 2.24) is 14.5 Å². The Morgan fingerprint density at radius 2 is 1.94 bits per heavy atom. The second-order valence-corrected chi connectivity index (χ2v) is 9.88. The first-order valence-electron chi connectivity index (χ1n) is 10.8. The van der Waals surface area contributed by atoms with Gasteiger partial charge in [0.1, 0.15) is 17.5 Å². The summed E-state index contributed by atoms with van der Waals surface area (Å²) in [6.45, 7) is 7.41. The number of aryl methyl sites for hydroxylation is 1. The first kappa shape index (κ1) is 22.9. The lowest BCUT2D eigenvalue weighted by molar-refractivity contribution is -0.126. The molecule has 2 aromatic carbocycles. The van der Waals surface area contributed by atoms with Gasteiger partial charge in [-0.2, -0.15) is 4.98 Å². The Hall–Kier alpha value is -2.91. The van der Waals surface area contributed by atoms with E-state index in [2.05, 4.69) is 11.6 Å². The molecule has 0 saturated carbocycles. The highest BCUT2D eigenvalue weighted by Gasteiger charge is 2.31. The Bertz CT molecular complexity index is 1390. The van der Waals surface area contributed by atoms with Gasteiger partial charge in [0.05, 0.1) is 10.5 Å². The first-order valence-corrected chi connectivity index (χ1v) is 12.2. The Kier molecular flexibility index (Phi) is 5.85. The molecule has 1 atom stereocenters. The number of rotatable bonds is 3. The third kappa shape index (κ3) is 3.76. The van der Waals surface area contributed by atoms with Gasteiger partial charge >= 0.3 is 5.69 Å². The fraction of sp³-hybridized carbons (Fsp3) is 0.292. The fourth-order valence-corrected chi connectivity index (χ4v) is 6.31. The number of thioether (sulfide) groups is 1. The van der Waals surface area contributed by atoms with Crippen LogP contribution in [0.25, 0.3) is 22.0 Å². The number of carbonyl (C=O) groups is 1. The van der Waals surface area contributed by atoms with Gasteiger partial charge in [-0.05, 0) is 36.8 Å². The Morgan fingerprint density at radius 3 is 2.62 bits per heavy atom. The van der Waals surface area contributed by atoms with Crippen molar-refractivity contribution in [1.29, 1.82) is 0 Å². The number of halogens is 3. The van der Waals surface area contributed by atoms with Crippen molar-refractivity contribution < 1.29 is 13.6 Å². The number of piperazine rings is 1. The number of hydrogen-bond acceptors (Lipinski definition) is 5. The highest BCUT2D eigenvalue weighted by molar-refractivity contribution is 7.99. The summed E-state index contributed by atoms with van der Waals surface area (Å²) < 4.78 is 29.6. The normalized spacial score (nSPS) is 17.8. The number of anilines is 1. The molecule has 34 heavy (non-hydrogen) atoms. The van der Waals surface area contributed by atoms with E-state index in [4.69, 9.17) is 11.6 Å². The molecule has 1 fully saturated rings. The maximum absolute atomic E-state index is 14.0. The Balaban J connectivity index is 1.71. The molecule has 6 nitrogen and oxygen atoms in total. The van der Waals surface area contributed by atoms with Crippen molar-refractivity contribution in [2.45, 2.75) is 24.4 Å². The number of amides is 1. The molecule has 5 rings (SSSR count). The van der Waals surface area contributed by atoms with Crippen molar-refractivity contribution in [3.8, 4) is 11.1 Å². The van der Waals surface area contributed by atoms with Gasteiger partial charge in [0.2, 0.25) is 5.91 Å². The molecule has 0 aliphatic carbocycles. The van der Waals surface area contributed by atoms with Crippen LogP contribution in [0.2, 0.25) is 5.02 Å². The van der Waals surface area contributed by atoms with E-state index < -0.39 is 11.6 Å². The van der Waals surface area contributed by atoms with E-state index >= 15 is 0 Å². The standard InChI is InChI=1S/C24H21ClF2N4O2S/c1-3-19(32)29-4-5-30(13(2)12-29)23-17-11-18(25)20(14-8-15(26)10-16(27)9-14)22-21(17)31(6-7-34-22)24(33)28-23/h3,8-11,13H,1,4-7,12H2,2H3/t13-/m0/s1. The van der Waals surface area contributed by atoms with Gasteiger partial charge < -0.3 is 9.80 Å². The van der Waals surface area contributed by atoms with Crippen molar-refractivity contribution >= 4 is 46.0 Å². The highest BCUT2D eigenvalue weighted by atomic mass is 35.5. The number of carbonyl (C=O) groups excluding carboxylic acids is 1. The predicted molar refractivity (Wildman–Crippen MR) is 131 cm³/mol. The predicted octanol–water partition coefficient (Wildman–Crippen LogP) is 4.32. The fourth-order valence-electron chi connectivity index (χ4n) is 4.74. The molecular weight excluding hydrogens is 482 g/mol. The third-order valence-corrected chi connectivity index (χ3v) is 7.62. The van der Waals surface area contributed by atoms with Crippen LogP contribution in [0.5, 0.6) is 0 Å². The molecule has 0 unspecified atom stereocenters. The van der Waals surface area contributed by atoms with Crippen molar-refractivity contribution in [3.63, 3.8) is 0 Å². The molecule has 176 valence electrons. The molecule has 1 amide bonds. The maximum Gasteiger partial charge on any atom is 0.350 e.